The number of anilines is 1. The van der Waals surface area contributed by atoms with Gasteiger partial charge in [0.05, 0.1) is 12.1 Å². The second-order valence-corrected chi connectivity index (χ2v) is 5.62. The molecular formula is C7H11BrFN3OS. The summed E-state index contributed by atoms with van der Waals surface area (Å²) in [5.41, 5.74) is -1.34. The molecule has 14 heavy (non-hydrogen) atoms. The second kappa shape index (κ2) is 4.50. The van der Waals surface area contributed by atoms with E-state index in [0.29, 0.717) is 9.05 Å². The molecule has 2 N–H and O–H groups in total. The summed E-state index contributed by atoms with van der Waals surface area (Å²) in [4.78, 5) is 0. The fourth-order valence-corrected chi connectivity index (χ4v) is 1.72. The maximum atomic E-state index is 13.2. The Morgan fingerprint density at radius 1 is 1.64 bits per heavy atom. The van der Waals surface area contributed by atoms with Gasteiger partial charge in [-0.15, -0.1) is 10.2 Å². The van der Waals surface area contributed by atoms with Crippen LogP contribution in [-0.2, 0) is 0 Å². The Morgan fingerprint density at radius 2 is 2.29 bits per heavy atom. The molecule has 1 aromatic rings. The molecule has 0 spiro atoms. The van der Waals surface area contributed by atoms with E-state index in [1.165, 1.54) is 25.2 Å². The molecule has 4 nitrogen and oxygen atoms in total. The molecule has 1 atom stereocenters. The van der Waals surface area contributed by atoms with Crippen molar-refractivity contribution in [2.24, 2.45) is 0 Å². The first-order valence-electron chi connectivity index (χ1n) is 3.99. The average molecular weight is 284 g/mol. The highest BCUT2D eigenvalue weighted by atomic mass is 79.9. The van der Waals surface area contributed by atoms with Gasteiger partial charge in [-0.2, -0.15) is 0 Å². The first-order valence-corrected chi connectivity index (χ1v) is 5.60. The minimum atomic E-state index is -1.34. The third-order valence-electron chi connectivity index (χ3n) is 1.60. The van der Waals surface area contributed by atoms with Crippen LogP contribution in [0.1, 0.15) is 13.8 Å². The van der Waals surface area contributed by atoms with E-state index in [0.717, 1.165) is 0 Å². The molecule has 0 radical (unpaired) electrons. The van der Waals surface area contributed by atoms with Crippen molar-refractivity contribution in [2.75, 3.05) is 11.9 Å². The SMILES string of the molecule is CC(C)(O)[C@H](F)CNc1nnc(Br)s1. The van der Waals surface area contributed by atoms with Crippen molar-refractivity contribution in [3.8, 4) is 0 Å². The molecule has 0 aliphatic heterocycles. The predicted octanol–water partition coefficient (Wildman–Crippen LogP) is 1.82. The van der Waals surface area contributed by atoms with E-state index in [1.807, 2.05) is 0 Å². The van der Waals surface area contributed by atoms with Gasteiger partial charge in [0.15, 0.2) is 3.92 Å². The third kappa shape index (κ3) is 3.47. The van der Waals surface area contributed by atoms with E-state index in [2.05, 4.69) is 31.4 Å². The fourth-order valence-electron chi connectivity index (χ4n) is 0.703. The topological polar surface area (TPSA) is 58.0 Å². The minimum absolute atomic E-state index is 0.0190. The normalized spacial score (nSPS) is 14.1. The summed E-state index contributed by atoms with van der Waals surface area (Å²) in [5.74, 6) is 0. The lowest BCUT2D eigenvalue weighted by Crippen LogP contribution is -2.37. The van der Waals surface area contributed by atoms with Crippen molar-refractivity contribution in [1.82, 2.24) is 10.2 Å². The molecule has 0 aromatic carbocycles. The molecule has 1 rings (SSSR count). The number of halogens is 2. The quantitative estimate of drug-likeness (QED) is 0.885. The van der Waals surface area contributed by atoms with Crippen LogP contribution in [0.5, 0.6) is 0 Å². The van der Waals surface area contributed by atoms with Crippen molar-refractivity contribution in [2.45, 2.75) is 25.6 Å². The molecule has 80 valence electrons. The number of hydrogen-bond donors (Lipinski definition) is 2. The number of aliphatic hydroxyl groups is 1. The lowest BCUT2D eigenvalue weighted by molar-refractivity contribution is 0.00323. The van der Waals surface area contributed by atoms with Gasteiger partial charge in [-0.05, 0) is 29.8 Å². The summed E-state index contributed by atoms with van der Waals surface area (Å²) >= 11 is 4.42. The Balaban J connectivity index is 2.41. The van der Waals surface area contributed by atoms with Crippen LogP contribution in [-0.4, -0.2) is 33.6 Å². The van der Waals surface area contributed by atoms with Crippen molar-refractivity contribution in [3.63, 3.8) is 0 Å². The van der Waals surface area contributed by atoms with Crippen molar-refractivity contribution in [1.29, 1.82) is 0 Å². The average Bonchev–Trinajstić information content (AvgIpc) is 2.45. The van der Waals surface area contributed by atoms with Gasteiger partial charge in [0.1, 0.15) is 6.17 Å². The van der Waals surface area contributed by atoms with E-state index in [4.69, 9.17) is 0 Å². The van der Waals surface area contributed by atoms with Gasteiger partial charge >= 0.3 is 0 Å². The molecule has 7 heteroatoms. The monoisotopic (exact) mass is 283 g/mol. The zero-order chi connectivity index (χ0) is 10.8. The van der Waals surface area contributed by atoms with E-state index >= 15 is 0 Å². The largest absolute Gasteiger partial charge is 0.387 e. The molecule has 0 aliphatic carbocycles. The summed E-state index contributed by atoms with van der Waals surface area (Å²) in [7, 11) is 0. The van der Waals surface area contributed by atoms with Crippen LogP contribution in [0, 0.1) is 0 Å². The smallest absolute Gasteiger partial charge is 0.206 e. The molecule has 0 amide bonds. The molecule has 0 saturated heterocycles. The lowest BCUT2D eigenvalue weighted by Gasteiger charge is -2.22. The number of nitrogens with one attached hydrogen (secondary N) is 1. The summed E-state index contributed by atoms with van der Waals surface area (Å²) in [6.07, 6.45) is -1.34. The van der Waals surface area contributed by atoms with E-state index < -0.39 is 11.8 Å². The van der Waals surface area contributed by atoms with Gasteiger partial charge in [0.25, 0.3) is 0 Å². The summed E-state index contributed by atoms with van der Waals surface area (Å²) in [6, 6.07) is 0. The van der Waals surface area contributed by atoms with Crippen LogP contribution in [0.15, 0.2) is 3.92 Å². The summed E-state index contributed by atoms with van der Waals surface area (Å²) in [6.45, 7) is 2.87. The Morgan fingerprint density at radius 3 is 2.71 bits per heavy atom. The molecular weight excluding hydrogens is 273 g/mol. The fraction of sp³-hybridized carbons (Fsp3) is 0.714. The van der Waals surface area contributed by atoms with Crippen LogP contribution in [0.3, 0.4) is 0 Å². The Labute approximate surface area is 93.7 Å². The highest BCUT2D eigenvalue weighted by Crippen LogP contribution is 2.21. The van der Waals surface area contributed by atoms with Crippen LogP contribution < -0.4 is 5.32 Å². The van der Waals surface area contributed by atoms with Gasteiger partial charge in [-0.3, -0.25) is 0 Å². The first kappa shape index (κ1) is 11.8. The van der Waals surface area contributed by atoms with Gasteiger partial charge in [0.2, 0.25) is 5.13 Å². The zero-order valence-electron chi connectivity index (χ0n) is 7.79. The maximum Gasteiger partial charge on any atom is 0.206 e. The Bertz CT molecular complexity index is 301. The third-order valence-corrected chi connectivity index (χ3v) is 2.91. The zero-order valence-corrected chi connectivity index (χ0v) is 10.2. The number of aromatic nitrogens is 2. The van der Waals surface area contributed by atoms with Crippen molar-refractivity contribution >= 4 is 32.4 Å². The molecule has 0 unspecified atom stereocenters. The Hall–Kier alpha value is -0.270. The predicted molar refractivity (Wildman–Crippen MR) is 57.3 cm³/mol. The number of nitrogens with zero attached hydrogens (tertiary/aromatic N) is 2. The standard InChI is InChI=1S/C7H11BrFN3OS/c1-7(2,13)4(9)3-10-6-12-11-5(8)14-6/h4,13H,3H2,1-2H3,(H,10,12)/t4-/m1/s1. The highest BCUT2D eigenvalue weighted by Gasteiger charge is 2.26. The lowest BCUT2D eigenvalue weighted by atomic mass is 10.0. The van der Waals surface area contributed by atoms with Gasteiger partial charge in [-0.1, -0.05) is 11.3 Å². The number of hydrogen-bond acceptors (Lipinski definition) is 5. The first-order chi connectivity index (χ1) is 6.39. The highest BCUT2D eigenvalue weighted by molar-refractivity contribution is 9.11. The van der Waals surface area contributed by atoms with Gasteiger partial charge < -0.3 is 10.4 Å². The molecule has 1 aromatic heterocycles. The van der Waals surface area contributed by atoms with Crippen LogP contribution in [0.4, 0.5) is 9.52 Å². The Kier molecular flexibility index (Phi) is 3.79. The van der Waals surface area contributed by atoms with Crippen LogP contribution >= 0.6 is 27.3 Å². The van der Waals surface area contributed by atoms with E-state index in [1.54, 1.807) is 0 Å². The van der Waals surface area contributed by atoms with Crippen LogP contribution in [0.25, 0.3) is 0 Å². The van der Waals surface area contributed by atoms with Crippen molar-refractivity contribution < 1.29 is 9.50 Å². The van der Waals surface area contributed by atoms with E-state index in [9.17, 15) is 9.50 Å². The molecule has 0 saturated carbocycles. The van der Waals surface area contributed by atoms with E-state index in [-0.39, 0.29) is 6.54 Å². The van der Waals surface area contributed by atoms with Gasteiger partial charge in [-0.25, -0.2) is 4.39 Å². The number of rotatable bonds is 4. The molecule has 0 aliphatic rings. The van der Waals surface area contributed by atoms with Crippen LogP contribution in [0.2, 0.25) is 0 Å². The minimum Gasteiger partial charge on any atom is -0.387 e. The summed E-state index contributed by atoms with van der Waals surface area (Å²) < 4.78 is 13.9. The van der Waals surface area contributed by atoms with Gasteiger partial charge in [0, 0.05) is 0 Å². The summed E-state index contributed by atoms with van der Waals surface area (Å²) in [5, 5.41) is 20.0. The molecule has 1 heterocycles. The molecule has 0 fully saturated rings. The second-order valence-electron chi connectivity index (χ2n) is 3.36. The maximum absolute atomic E-state index is 13.2. The number of alkyl halides is 1. The molecule has 0 bridgehead atoms. The van der Waals surface area contributed by atoms with Crippen molar-refractivity contribution in [3.05, 3.63) is 3.92 Å².